The van der Waals surface area contributed by atoms with Crippen molar-refractivity contribution >= 4 is 48.0 Å². The standard InChI is InChI=1S/C15H16Cl2N2O.2ClH/c1-2-20-15-12(6-13(16)7-14(15)17)10-19-9-11-4-3-5-18-8-11;;/h3-8,19H,2,9-10H2,1H3;2*1H. The highest BCUT2D eigenvalue weighted by Gasteiger charge is 2.10. The summed E-state index contributed by atoms with van der Waals surface area (Å²) in [6, 6.07) is 7.50. The number of halogens is 4. The van der Waals surface area contributed by atoms with Crippen LogP contribution in [-0.2, 0) is 13.1 Å². The fourth-order valence-electron chi connectivity index (χ4n) is 1.90. The topological polar surface area (TPSA) is 34.1 Å². The lowest BCUT2D eigenvalue weighted by atomic mass is 10.2. The minimum atomic E-state index is 0. The molecule has 0 aliphatic carbocycles. The molecule has 7 heteroatoms. The minimum Gasteiger partial charge on any atom is -0.492 e. The quantitative estimate of drug-likeness (QED) is 0.768. The van der Waals surface area contributed by atoms with Gasteiger partial charge in [0.15, 0.2) is 0 Å². The second kappa shape index (κ2) is 10.9. The van der Waals surface area contributed by atoms with E-state index in [1.54, 1.807) is 12.3 Å². The van der Waals surface area contributed by atoms with Crippen molar-refractivity contribution in [3.63, 3.8) is 0 Å². The monoisotopic (exact) mass is 382 g/mol. The lowest BCUT2D eigenvalue weighted by Crippen LogP contribution is -2.14. The van der Waals surface area contributed by atoms with Crippen LogP contribution in [0.3, 0.4) is 0 Å². The third kappa shape index (κ3) is 6.19. The highest BCUT2D eigenvalue weighted by Crippen LogP contribution is 2.32. The number of hydrogen-bond acceptors (Lipinski definition) is 3. The summed E-state index contributed by atoms with van der Waals surface area (Å²) < 4.78 is 5.58. The first-order valence-corrected chi connectivity index (χ1v) is 7.16. The number of aromatic nitrogens is 1. The van der Waals surface area contributed by atoms with Crippen molar-refractivity contribution in [2.45, 2.75) is 20.0 Å². The van der Waals surface area contributed by atoms with Crippen LogP contribution in [0.2, 0.25) is 10.0 Å². The van der Waals surface area contributed by atoms with E-state index in [-0.39, 0.29) is 24.8 Å². The smallest absolute Gasteiger partial charge is 0.142 e. The Morgan fingerprint density at radius 3 is 2.59 bits per heavy atom. The molecule has 0 amide bonds. The van der Waals surface area contributed by atoms with Crippen molar-refractivity contribution in [3.05, 3.63) is 57.8 Å². The summed E-state index contributed by atoms with van der Waals surface area (Å²) in [5.74, 6) is 0.692. The Morgan fingerprint density at radius 1 is 1.18 bits per heavy atom. The van der Waals surface area contributed by atoms with E-state index in [0.717, 1.165) is 17.7 Å². The third-order valence-corrected chi connectivity index (χ3v) is 3.24. The molecular formula is C15H18Cl4N2O. The Kier molecular flexibility index (Phi) is 10.6. The van der Waals surface area contributed by atoms with E-state index in [1.807, 2.05) is 31.3 Å². The maximum atomic E-state index is 6.16. The summed E-state index contributed by atoms with van der Waals surface area (Å²) >= 11 is 12.2. The molecule has 22 heavy (non-hydrogen) atoms. The van der Waals surface area contributed by atoms with Gasteiger partial charge in [-0.05, 0) is 30.7 Å². The van der Waals surface area contributed by atoms with E-state index < -0.39 is 0 Å². The van der Waals surface area contributed by atoms with Crippen LogP contribution in [-0.4, -0.2) is 11.6 Å². The lowest BCUT2D eigenvalue weighted by molar-refractivity contribution is 0.335. The fourth-order valence-corrected chi connectivity index (χ4v) is 2.49. The number of benzene rings is 1. The molecule has 1 aromatic carbocycles. The normalized spacial score (nSPS) is 9.59. The Labute approximate surface area is 153 Å². The molecule has 0 unspecified atom stereocenters. The Balaban J connectivity index is 0.00000220. The van der Waals surface area contributed by atoms with E-state index in [1.165, 1.54) is 0 Å². The molecule has 0 spiro atoms. The Morgan fingerprint density at radius 2 is 1.95 bits per heavy atom. The van der Waals surface area contributed by atoms with E-state index >= 15 is 0 Å². The van der Waals surface area contributed by atoms with Crippen molar-refractivity contribution in [1.82, 2.24) is 10.3 Å². The van der Waals surface area contributed by atoms with Gasteiger partial charge in [-0.3, -0.25) is 4.98 Å². The highest BCUT2D eigenvalue weighted by molar-refractivity contribution is 6.35. The number of nitrogens with one attached hydrogen (secondary N) is 1. The molecule has 0 saturated heterocycles. The second-order valence-corrected chi connectivity index (χ2v) is 5.12. The molecule has 1 heterocycles. The average Bonchev–Trinajstić information content (AvgIpc) is 2.43. The molecule has 0 atom stereocenters. The van der Waals surface area contributed by atoms with Crippen LogP contribution < -0.4 is 10.1 Å². The van der Waals surface area contributed by atoms with Gasteiger partial charge in [-0.15, -0.1) is 24.8 Å². The molecule has 1 N–H and O–H groups in total. The summed E-state index contributed by atoms with van der Waals surface area (Å²) in [6.45, 7) is 3.85. The largest absolute Gasteiger partial charge is 0.492 e. The molecule has 0 radical (unpaired) electrons. The second-order valence-electron chi connectivity index (χ2n) is 4.27. The molecule has 3 nitrogen and oxygen atoms in total. The lowest BCUT2D eigenvalue weighted by Gasteiger charge is -2.13. The van der Waals surface area contributed by atoms with Gasteiger partial charge < -0.3 is 10.1 Å². The van der Waals surface area contributed by atoms with Crippen LogP contribution in [0.5, 0.6) is 5.75 Å². The molecule has 0 fully saturated rings. The zero-order chi connectivity index (χ0) is 14.4. The Bertz CT molecular complexity index is 567. The highest BCUT2D eigenvalue weighted by atomic mass is 35.5. The van der Waals surface area contributed by atoms with Crippen LogP contribution >= 0.6 is 48.0 Å². The van der Waals surface area contributed by atoms with Crippen molar-refractivity contribution in [3.8, 4) is 5.75 Å². The molecule has 2 aromatic rings. The summed E-state index contributed by atoms with van der Waals surface area (Å²) in [6.07, 6.45) is 3.59. The van der Waals surface area contributed by atoms with Gasteiger partial charge in [-0.25, -0.2) is 0 Å². The average molecular weight is 384 g/mol. The van der Waals surface area contributed by atoms with Crippen molar-refractivity contribution < 1.29 is 4.74 Å². The van der Waals surface area contributed by atoms with Crippen molar-refractivity contribution in [1.29, 1.82) is 0 Å². The summed E-state index contributed by atoms with van der Waals surface area (Å²) in [4.78, 5) is 4.08. The number of hydrogen-bond donors (Lipinski definition) is 1. The molecule has 0 aliphatic heterocycles. The van der Waals surface area contributed by atoms with Gasteiger partial charge in [0.05, 0.1) is 11.6 Å². The zero-order valence-corrected chi connectivity index (χ0v) is 15.2. The van der Waals surface area contributed by atoms with Gasteiger partial charge in [0.25, 0.3) is 0 Å². The first kappa shape index (κ1) is 21.3. The van der Waals surface area contributed by atoms with Crippen LogP contribution in [0, 0.1) is 0 Å². The number of nitrogens with zero attached hydrogens (tertiary/aromatic N) is 1. The number of rotatable bonds is 6. The molecule has 0 saturated carbocycles. The third-order valence-electron chi connectivity index (χ3n) is 2.74. The van der Waals surface area contributed by atoms with Crippen LogP contribution in [0.15, 0.2) is 36.7 Å². The van der Waals surface area contributed by atoms with Crippen LogP contribution in [0.25, 0.3) is 0 Å². The summed E-state index contributed by atoms with van der Waals surface area (Å²) in [7, 11) is 0. The summed E-state index contributed by atoms with van der Waals surface area (Å²) in [5.41, 5.74) is 2.08. The predicted molar refractivity (Wildman–Crippen MR) is 96.9 cm³/mol. The zero-order valence-electron chi connectivity index (χ0n) is 12.0. The van der Waals surface area contributed by atoms with Gasteiger partial charge >= 0.3 is 0 Å². The van der Waals surface area contributed by atoms with E-state index in [9.17, 15) is 0 Å². The predicted octanol–water partition coefficient (Wildman–Crippen LogP) is 4.92. The molecule has 2 rings (SSSR count). The molecule has 1 aromatic heterocycles. The Hall–Kier alpha value is -0.710. The van der Waals surface area contributed by atoms with Gasteiger partial charge in [-0.1, -0.05) is 29.3 Å². The van der Waals surface area contributed by atoms with Crippen molar-refractivity contribution in [2.75, 3.05) is 6.61 Å². The molecular weight excluding hydrogens is 366 g/mol. The first-order valence-electron chi connectivity index (χ1n) is 6.41. The van der Waals surface area contributed by atoms with Crippen molar-refractivity contribution in [2.24, 2.45) is 0 Å². The maximum absolute atomic E-state index is 6.16. The fraction of sp³-hybridized carbons (Fsp3) is 0.267. The van der Waals surface area contributed by atoms with E-state index in [4.69, 9.17) is 27.9 Å². The minimum absolute atomic E-state index is 0. The van der Waals surface area contributed by atoms with Crippen LogP contribution in [0.4, 0.5) is 0 Å². The maximum Gasteiger partial charge on any atom is 0.142 e. The van der Waals surface area contributed by atoms with Gasteiger partial charge in [0, 0.05) is 36.1 Å². The van der Waals surface area contributed by atoms with Gasteiger partial charge in [0.2, 0.25) is 0 Å². The van der Waals surface area contributed by atoms with E-state index in [0.29, 0.717) is 28.9 Å². The van der Waals surface area contributed by atoms with Crippen LogP contribution in [0.1, 0.15) is 18.1 Å². The molecule has 122 valence electrons. The molecule has 0 bridgehead atoms. The number of pyridine rings is 1. The first-order chi connectivity index (χ1) is 9.70. The number of ether oxygens (including phenoxy) is 1. The van der Waals surface area contributed by atoms with Gasteiger partial charge in [0.1, 0.15) is 5.75 Å². The van der Waals surface area contributed by atoms with E-state index in [2.05, 4.69) is 10.3 Å². The SMILES string of the molecule is CCOc1c(Cl)cc(Cl)cc1CNCc1cccnc1.Cl.Cl. The van der Waals surface area contributed by atoms with Gasteiger partial charge in [-0.2, -0.15) is 0 Å². The molecule has 0 aliphatic rings. The summed E-state index contributed by atoms with van der Waals surface area (Å²) in [5, 5.41) is 4.48.